The molecule has 0 aliphatic carbocycles. The number of nitrogens with one attached hydrogen (secondary N) is 1. The summed E-state index contributed by atoms with van der Waals surface area (Å²) in [6.07, 6.45) is 0.269. The Hall–Kier alpha value is -3.93. The number of nitro benzene ring substituents is 1. The van der Waals surface area contributed by atoms with Gasteiger partial charge in [0.1, 0.15) is 0 Å². The monoisotopic (exact) mass is 369 g/mol. The van der Waals surface area contributed by atoms with Crippen LogP contribution < -0.4 is 10.1 Å². The van der Waals surface area contributed by atoms with Crippen LogP contribution >= 0.6 is 0 Å². The zero-order valence-corrected chi connectivity index (χ0v) is 14.1. The van der Waals surface area contributed by atoms with Crippen molar-refractivity contribution in [3.05, 3.63) is 64.2 Å². The van der Waals surface area contributed by atoms with Crippen molar-refractivity contribution in [2.75, 3.05) is 18.5 Å². The number of esters is 1. The normalized spacial score (nSPS) is 9.74. The highest BCUT2D eigenvalue weighted by atomic mass is 16.6. The molecule has 2 aromatic rings. The fourth-order valence-corrected chi connectivity index (χ4v) is 2.05. The lowest BCUT2D eigenvalue weighted by Gasteiger charge is -2.08. The molecule has 1 N–H and O–H groups in total. The molecule has 9 heteroatoms. The van der Waals surface area contributed by atoms with E-state index in [0.29, 0.717) is 5.69 Å². The fourth-order valence-electron chi connectivity index (χ4n) is 2.05. The van der Waals surface area contributed by atoms with E-state index in [1.54, 1.807) is 24.3 Å². The van der Waals surface area contributed by atoms with Gasteiger partial charge in [-0.15, -0.1) is 0 Å². The van der Waals surface area contributed by atoms with Crippen molar-refractivity contribution in [1.29, 1.82) is 5.26 Å². The molecule has 0 heterocycles. The second-order valence-electron chi connectivity index (χ2n) is 5.25. The number of nitriles is 1. The Balaban J connectivity index is 1.77. The van der Waals surface area contributed by atoms with Crippen molar-refractivity contribution in [2.45, 2.75) is 6.42 Å². The maximum absolute atomic E-state index is 11.8. The van der Waals surface area contributed by atoms with Crippen LogP contribution in [-0.2, 0) is 20.7 Å². The van der Waals surface area contributed by atoms with Gasteiger partial charge in [0.05, 0.1) is 17.4 Å². The van der Waals surface area contributed by atoms with Crippen LogP contribution in [0.3, 0.4) is 0 Å². The molecule has 9 nitrogen and oxygen atoms in total. The van der Waals surface area contributed by atoms with E-state index in [0.717, 1.165) is 5.56 Å². The van der Waals surface area contributed by atoms with Gasteiger partial charge in [0.15, 0.2) is 19.0 Å². The van der Waals surface area contributed by atoms with Crippen LogP contribution in [0.15, 0.2) is 48.5 Å². The Morgan fingerprint density at radius 2 is 1.81 bits per heavy atom. The highest BCUT2D eigenvalue weighted by Gasteiger charge is 2.16. The molecule has 0 radical (unpaired) electrons. The number of rotatable bonds is 8. The lowest BCUT2D eigenvalue weighted by atomic mass is 10.1. The number of ether oxygens (including phenoxy) is 2. The number of anilines is 1. The summed E-state index contributed by atoms with van der Waals surface area (Å²) in [5.74, 6) is -1.46. The van der Waals surface area contributed by atoms with Crippen molar-refractivity contribution >= 4 is 23.3 Å². The van der Waals surface area contributed by atoms with Crippen molar-refractivity contribution in [3.8, 4) is 11.8 Å². The SMILES string of the molecule is N#CCc1ccc(NC(=O)COC(=O)COc2ccccc2[N+](=O)[O-])cc1. The molecule has 0 fully saturated rings. The van der Waals surface area contributed by atoms with Gasteiger partial charge in [-0.1, -0.05) is 24.3 Å². The van der Waals surface area contributed by atoms with E-state index in [2.05, 4.69) is 5.32 Å². The van der Waals surface area contributed by atoms with E-state index in [9.17, 15) is 19.7 Å². The first-order chi connectivity index (χ1) is 13.0. The molecule has 0 aromatic heterocycles. The van der Waals surface area contributed by atoms with Crippen LogP contribution in [0.1, 0.15) is 5.56 Å². The quantitative estimate of drug-likeness (QED) is 0.429. The first-order valence-electron chi connectivity index (χ1n) is 7.77. The van der Waals surface area contributed by atoms with Crippen LogP contribution in [-0.4, -0.2) is 30.0 Å². The molecule has 0 aliphatic rings. The standard InChI is InChI=1S/C18H15N3O6/c19-10-9-13-5-7-14(8-6-13)20-17(22)11-27-18(23)12-26-16-4-2-1-3-15(16)21(24)25/h1-8H,9,11-12H2,(H,20,22). The highest BCUT2D eigenvalue weighted by Crippen LogP contribution is 2.25. The summed E-state index contributed by atoms with van der Waals surface area (Å²) in [7, 11) is 0. The minimum Gasteiger partial charge on any atom is -0.475 e. The predicted octanol–water partition coefficient (Wildman–Crippen LogP) is 2.22. The highest BCUT2D eigenvalue weighted by molar-refractivity contribution is 5.92. The first kappa shape index (κ1) is 19.4. The first-order valence-corrected chi connectivity index (χ1v) is 7.77. The molecule has 27 heavy (non-hydrogen) atoms. The maximum Gasteiger partial charge on any atom is 0.344 e. The topological polar surface area (TPSA) is 132 Å². The second kappa shape index (κ2) is 9.53. The molecule has 0 atom stereocenters. The third-order valence-corrected chi connectivity index (χ3v) is 3.29. The molecule has 0 bridgehead atoms. The zero-order chi connectivity index (χ0) is 19.6. The summed E-state index contributed by atoms with van der Waals surface area (Å²) in [4.78, 5) is 33.6. The van der Waals surface area contributed by atoms with E-state index >= 15 is 0 Å². The fraction of sp³-hybridized carbons (Fsp3) is 0.167. The molecule has 2 aromatic carbocycles. The third-order valence-electron chi connectivity index (χ3n) is 3.29. The average molecular weight is 369 g/mol. The number of nitrogens with zero attached hydrogens (tertiary/aromatic N) is 2. The molecule has 1 amide bonds. The summed E-state index contributed by atoms with van der Waals surface area (Å²) in [5.41, 5.74) is 1.03. The van der Waals surface area contributed by atoms with Gasteiger partial charge >= 0.3 is 11.7 Å². The van der Waals surface area contributed by atoms with Crippen molar-refractivity contribution < 1.29 is 24.0 Å². The molecule has 0 saturated carbocycles. The Labute approximate surface area is 154 Å². The largest absolute Gasteiger partial charge is 0.475 e. The summed E-state index contributed by atoms with van der Waals surface area (Å²) in [5, 5.41) is 22.0. The van der Waals surface area contributed by atoms with E-state index < -0.39 is 30.0 Å². The lowest BCUT2D eigenvalue weighted by Crippen LogP contribution is -2.23. The Kier molecular flexibility index (Phi) is 6.84. The Morgan fingerprint density at radius 1 is 1.11 bits per heavy atom. The number of hydrogen-bond acceptors (Lipinski definition) is 7. The zero-order valence-electron chi connectivity index (χ0n) is 14.1. The van der Waals surface area contributed by atoms with Crippen LogP contribution in [0.25, 0.3) is 0 Å². The molecule has 0 spiro atoms. The van der Waals surface area contributed by atoms with Crippen molar-refractivity contribution in [2.24, 2.45) is 0 Å². The molecular formula is C18H15N3O6. The summed E-state index contributed by atoms with van der Waals surface area (Å²) >= 11 is 0. The number of hydrogen-bond donors (Lipinski definition) is 1. The van der Waals surface area contributed by atoms with E-state index in [1.807, 2.05) is 6.07 Å². The number of amides is 1. The van der Waals surface area contributed by atoms with E-state index in [4.69, 9.17) is 14.7 Å². The number of nitro groups is 1. The predicted molar refractivity (Wildman–Crippen MR) is 93.9 cm³/mol. The van der Waals surface area contributed by atoms with Crippen LogP contribution in [0, 0.1) is 21.4 Å². The van der Waals surface area contributed by atoms with Gasteiger partial charge in [-0.25, -0.2) is 4.79 Å². The van der Waals surface area contributed by atoms with E-state index in [-0.39, 0.29) is 17.9 Å². The number of benzene rings is 2. The molecule has 138 valence electrons. The van der Waals surface area contributed by atoms with Gasteiger partial charge < -0.3 is 14.8 Å². The number of para-hydroxylation sites is 2. The maximum atomic E-state index is 11.8. The third kappa shape index (κ3) is 6.13. The van der Waals surface area contributed by atoms with Gasteiger partial charge in [0.25, 0.3) is 5.91 Å². The molecule has 0 saturated heterocycles. The number of carbonyl (C=O) groups is 2. The van der Waals surface area contributed by atoms with Gasteiger partial charge in [-0.2, -0.15) is 5.26 Å². The smallest absolute Gasteiger partial charge is 0.344 e. The average Bonchev–Trinajstić information content (AvgIpc) is 2.66. The summed E-state index contributed by atoms with van der Waals surface area (Å²) in [6, 6.07) is 14.3. The summed E-state index contributed by atoms with van der Waals surface area (Å²) in [6.45, 7) is -1.10. The Morgan fingerprint density at radius 3 is 2.48 bits per heavy atom. The lowest BCUT2D eigenvalue weighted by molar-refractivity contribution is -0.385. The van der Waals surface area contributed by atoms with Gasteiger partial charge in [0.2, 0.25) is 0 Å². The molecule has 0 unspecified atom stereocenters. The molecular weight excluding hydrogens is 354 g/mol. The minimum atomic E-state index is -0.840. The van der Waals surface area contributed by atoms with Gasteiger partial charge in [-0.3, -0.25) is 14.9 Å². The van der Waals surface area contributed by atoms with Crippen LogP contribution in [0.4, 0.5) is 11.4 Å². The van der Waals surface area contributed by atoms with Crippen molar-refractivity contribution in [1.82, 2.24) is 0 Å². The van der Waals surface area contributed by atoms with Crippen LogP contribution in [0.2, 0.25) is 0 Å². The molecule has 0 aliphatic heterocycles. The number of carbonyl (C=O) groups excluding carboxylic acids is 2. The van der Waals surface area contributed by atoms with Gasteiger partial charge in [-0.05, 0) is 23.8 Å². The summed E-state index contributed by atoms with van der Waals surface area (Å²) < 4.78 is 9.84. The molecule has 2 rings (SSSR count). The van der Waals surface area contributed by atoms with E-state index in [1.165, 1.54) is 24.3 Å². The minimum absolute atomic E-state index is 0.0682. The second-order valence-corrected chi connectivity index (χ2v) is 5.25. The van der Waals surface area contributed by atoms with Crippen molar-refractivity contribution in [3.63, 3.8) is 0 Å². The van der Waals surface area contributed by atoms with Gasteiger partial charge in [0, 0.05) is 11.8 Å². The van der Waals surface area contributed by atoms with Crippen LogP contribution in [0.5, 0.6) is 5.75 Å². The Bertz CT molecular complexity index is 873.